The number of nitrogens with one attached hydrogen (secondary N) is 1. The third-order valence-electron chi connectivity index (χ3n) is 1.45. The van der Waals surface area contributed by atoms with E-state index in [1.165, 1.54) is 0 Å². The molecule has 0 fully saturated rings. The van der Waals surface area contributed by atoms with Gasteiger partial charge in [-0.3, -0.25) is 9.59 Å². The fraction of sp³-hybridized carbons (Fsp3) is 0.444. The summed E-state index contributed by atoms with van der Waals surface area (Å²) >= 11 is 0. The number of amides is 1. The van der Waals surface area contributed by atoms with E-state index in [1.807, 2.05) is 0 Å². The topological polar surface area (TPSA) is 90.2 Å². The van der Waals surface area contributed by atoms with Gasteiger partial charge in [0.2, 0.25) is 0 Å². The Hall–Kier alpha value is -1.83. The van der Waals surface area contributed by atoms with Crippen molar-refractivity contribution in [2.24, 2.45) is 0 Å². The molecule has 0 rings (SSSR count). The summed E-state index contributed by atoms with van der Waals surface area (Å²) in [6.07, 6.45) is -0.211. The molecule has 0 unspecified atom stereocenters. The van der Waals surface area contributed by atoms with Gasteiger partial charge in [0.15, 0.2) is 0 Å². The van der Waals surface area contributed by atoms with Gasteiger partial charge in [-0.15, -0.1) is 0 Å². The van der Waals surface area contributed by atoms with Gasteiger partial charge in [0.25, 0.3) is 5.91 Å². The predicted octanol–water partition coefficient (Wildman–Crippen LogP) is 0.436. The highest BCUT2D eigenvalue weighted by Gasteiger charge is 2.24. The second-order valence-corrected chi connectivity index (χ2v) is 3.50. The molecule has 0 aromatic carbocycles. The Bertz CT molecular complexity index is 313. The summed E-state index contributed by atoms with van der Waals surface area (Å²) < 4.78 is 0. The fourth-order valence-electron chi connectivity index (χ4n) is 0.856. The number of carbonyl (C=O) groups is 2. The summed E-state index contributed by atoms with van der Waals surface area (Å²) in [5.41, 5.74) is -1.12. The van der Waals surface area contributed by atoms with Crippen molar-refractivity contribution in [1.29, 1.82) is 5.26 Å². The van der Waals surface area contributed by atoms with E-state index in [1.54, 1.807) is 19.9 Å². The smallest absolute Gasteiger partial charge is 0.305 e. The lowest BCUT2D eigenvalue weighted by molar-refractivity contribution is -0.138. The quantitative estimate of drug-likeness (QED) is 0.504. The molecule has 14 heavy (non-hydrogen) atoms. The van der Waals surface area contributed by atoms with Crippen molar-refractivity contribution in [3.05, 3.63) is 12.2 Å². The van der Waals surface area contributed by atoms with Crippen LogP contribution in [0.1, 0.15) is 20.3 Å². The molecule has 0 bridgehead atoms. The van der Waals surface area contributed by atoms with Crippen LogP contribution in [0.4, 0.5) is 0 Å². The van der Waals surface area contributed by atoms with E-state index < -0.39 is 17.4 Å². The minimum Gasteiger partial charge on any atom is -0.481 e. The summed E-state index contributed by atoms with van der Waals surface area (Å²) in [7, 11) is 0. The third-order valence-corrected chi connectivity index (χ3v) is 1.45. The highest BCUT2D eigenvalue weighted by atomic mass is 16.4. The third kappa shape index (κ3) is 4.26. The lowest BCUT2D eigenvalue weighted by Crippen LogP contribution is -2.45. The Labute approximate surface area is 82.0 Å². The second-order valence-electron chi connectivity index (χ2n) is 3.50. The van der Waals surface area contributed by atoms with Gasteiger partial charge >= 0.3 is 5.97 Å². The van der Waals surface area contributed by atoms with Gasteiger partial charge in [0.05, 0.1) is 6.42 Å². The summed E-state index contributed by atoms with van der Waals surface area (Å²) in [5, 5.41) is 19.3. The van der Waals surface area contributed by atoms with Crippen LogP contribution in [0.2, 0.25) is 0 Å². The maximum absolute atomic E-state index is 11.1. The van der Waals surface area contributed by atoms with E-state index in [0.717, 1.165) is 0 Å². The minimum atomic E-state index is -1.02. The fourth-order valence-corrected chi connectivity index (χ4v) is 0.856. The molecule has 2 N–H and O–H groups in total. The monoisotopic (exact) mass is 196 g/mol. The first-order chi connectivity index (χ1) is 6.28. The standard InChI is InChI=1S/C9H12N2O3/c1-6(5-10)8(14)11-9(2,3)4-7(12)13/h1,4H2,2-3H3,(H,11,14)(H,12,13). The summed E-state index contributed by atoms with van der Waals surface area (Å²) in [4.78, 5) is 21.5. The van der Waals surface area contributed by atoms with E-state index in [4.69, 9.17) is 10.4 Å². The highest BCUT2D eigenvalue weighted by molar-refractivity contribution is 5.97. The zero-order chi connectivity index (χ0) is 11.4. The zero-order valence-electron chi connectivity index (χ0n) is 8.13. The Morgan fingerprint density at radius 3 is 2.43 bits per heavy atom. The Kier molecular flexibility index (Phi) is 3.84. The van der Waals surface area contributed by atoms with Crippen molar-refractivity contribution < 1.29 is 14.7 Å². The van der Waals surface area contributed by atoms with Crippen LogP contribution in [0.25, 0.3) is 0 Å². The van der Waals surface area contributed by atoms with Crippen molar-refractivity contribution in [2.45, 2.75) is 25.8 Å². The average molecular weight is 196 g/mol. The maximum atomic E-state index is 11.1. The first-order valence-corrected chi connectivity index (χ1v) is 3.92. The molecule has 0 aromatic rings. The molecular weight excluding hydrogens is 184 g/mol. The largest absolute Gasteiger partial charge is 0.481 e. The molecule has 0 saturated heterocycles. The van der Waals surface area contributed by atoms with Crippen LogP contribution in [0, 0.1) is 11.3 Å². The Morgan fingerprint density at radius 1 is 1.57 bits per heavy atom. The van der Waals surface area contributed by atoms with Gasteiger partial charge in [-0.05, 0) is 13.8 Å². The van der Waals surface area contributed by atoms with Gasteiger partial charge in [-0.25, -0.2) is 0 Å². The molecule has 0 saturated carbocycles. The minimum absolute atomic E-state index is 0.211. The van der Waals surface area contributed by atoms with Gasteiger partial charge in [-0.1, -0.05) is 6.58 Å². The van der Waals surface area contributed by atoms with Crippen LogP contribution in [0.5, 0.6) is 0 Å². The molecule has 5 heteroatoms. The number of aliphatic carboxylic acids is 1. The van der Waals surface area contributed by atoms with Crippen LogP contribution in [0.3, 0.4) is 0 Å². The summed E-state index contributed by atoms with van der Waals surface area (Å²) in [6.45, 7) is 6.33. The van der Waals surface area contributed by atoms with Crippen molar-refractivity contribution in [2.75, 3.05) is 0 Å². The van der Waals surface area contributed by atoms with Gasteiger partial charge in [0, 0.05) is 5.54 Å². The predicted molar refractivity (Wildman–Crippen MR) is 49.2 cm³/mol. The van der Waals surface area contributed by atoms with Gasteiger partial charge < -0.3 is 10.4 Å². The SMILES string of the molecule is C=C(C#N)C(=O)NC(C)(C)CC(=O)O. The van der Waals surface area contributed by atoms with Crippen LogP contribution in [-0.4, -0.2) is 22.5 Å². The first kappa shape index (κ1) is 12.2. The molecule has 0 atom stereocenters. The number of carbonyl (C=O) groups excluding carboxylic acids is 1. The number of nitrogens with zero attached hydrogens (tertiary/aromatic N) is 1. The summed E-state index contributed by atoms with van der Waals surface area (Å²) in [5.74, 6) is -1.66. The van der Waals surface area contributed by atoms with Crippen LogP contribution < -0.4 is 5.32 Å². The molecule has 0 aliphatic carbocycles. The second kappa shape index (κ2) is 4.42. The normalized spacial score (nSPS) is 10.1. The molecular formula is C9H12N2O3. The first-order valence-electron chi connectivity index (χ1n) is 3.92. The van der Waals surface area contributed by atoms with Crippen molar-refractivity contribution >= 4 is 11.9 Å². The molecule has 0 spiro atoms. The molecule has 0 radical (unpaired) electrons. The van der Waals surface area contributed by atoms with Crippen LogP contribution in [-0.2, 0) is 9.59 Å². The van der Waals surface area contributed by atoms with Crippen molar-refractivity contribution in [3.63, 3.8) is 0 Å². The van der Waals surface area contributed by atoms with E-state index in [0.29, 0.717) is 0 Å². The number of nitriles is 1. The number of hydrogen-bond donors (Lipinski definition) is 2. The lowest BCUT2D eigenvalue weighted by Gasteiger charge is -2.23. The molecule has 0 aliphatic rings. The van der Waals surface area contributed by atoms with Crippen molar-refractivity contribution in [3.8, 4) is 6.07 Å². The molecule has 76 valence electrons. The highest BCUT2D eigenvalue weighted by Crippen LogP contribution is 2.08. The number of carboxylic acids is 1. The van der Waals surface area contributed by atoms with E-state index in [-0.39, 0.29) is 12.0 Å². The number of carboxylic acid groups (broad SMARTS) is 1. The van der Waals surface area contributed by atoms with Crippen LogP contribution in [0.15, 0.2) is 12.2 Å². The van der Waals surface area contributed by atoms with Gasteiger partial charge in [0.1, 0.15) is 11.6 Å². The number of hydrogen-bond acceptors (Lipinski definition) is 3. The maximum Gasteiger partial charge on any atom is 0.305 e. The lowest BCUT2D eigenvalue weighted by atomic mass is 10.0. The Morgan fingerprint density at radius 2 is 2.07 bits per heavy atom. The molecule has 1 amide bonds. The number of rotatable bonds is 4. The molecule has 5 nitrogen and oxygen atoms in total. The molecule has 0 aliphatic heterocycles. The van der Waals surface area contributed by atoms with E-state index >= 15 is 0 Å². The van der Waals surface area contributed by atoms with E-state index in [9.17, 15) is 9.59 Å². The van der Waals surface area contributed by atoms with Crippen molar-refractivity contribution in [1.82, 2.24) is 5.32 Å². The molecule has 0 aromatic heterocycles. The molecule has 0 heterocycles. The Balaban J connectivity index is 4.38. The summed E-state index contributed by atoms with van der Waals surface area (Å²) in [6, 6.07) is 1.59. The van der Waals surface area contributed by atoms with E-state index in [2.05, 4.69) is 11.9 Å². The average Bonchev–Trinajstić information content (AvgIpc) is 1.99. The van der Waals surface area contributed by atoms with Gasteiger partial charge in [-0.2, -0.15) is 5.26 Å². The van der Waals surface area contributed by atoms with Crippen LogP contribution >= 0.6 is 0 Å². The zero-order valence-corrected chi connectivity index (χ0v) is 8.13.